The molecule has 1 heterocycles. The maximum absolute atomic E-state index is 12.7. The summed E-state index contributed by atoms with van der Waals surface area (Å²) in [7, 11) is 1.59. The number of carbonyl (C=O) groups excluding carboxylic acids is 2. The van der Waals surface area contributed by atoms with Crippen LogP contribution in [-0.2, 0) is 11.3 Å². The van der Waals surface area contributed by atoms with Gasteiger partial charge in [-0.1, -0.05) is 29.5 Å². The molecule has 9 nitrogen and oxygen atoms in total. The minimum absolute atomic E-state index is 0.122. The molecule has 0 bridgehead atoms. The zero-order valence-electron chi connectivity index (χ0n) is 21.4. The first-order chi connectivity index (χ1) is 18.5. The number of benzene rings is 3. The molecule has 0 unspecified atom stereocenters. The topological polar surface area (TPSA) is 107 Å². The Morgan fingerprint density at radius 3 is 2.39 bits per heavy atom. The quantitative estimate of drug-likeness (QED) is 0.272. The summed E-state index contributed by atoms with van der Waals surface area (Å²) in [6.07, 6.45) is 0. The van der Waals surface area contributed by atoms with Gasteiger partial charge < -0.3 is 20.1 Å². The van der Waals surface area contributed by atoms with Crippen molar-refractivity contribution < 1.29 is 19.1 Å². The number of rotatable bonds is 11. The van der Waals surface area contributed by atoms with Crippen LogP contribution in [0.1, 0.15) is 28.7 Å². The number of carbonyl (C=O) groups is 2. The van der Waals surface area contributed by atoms with Crippen LogP contribution in [0.3, 0.4) is 0 Å². The van der Waals surface area contributed by atoms with Gasteiger partial charge in [0.15, 0.2) is 11.0 Å². The van der Waals surface area contributed by atoms with Crippen molar-refractivity contribution in [3.05, 3.63) is 89.7 Å². The van der Waals surface area contributed by atoms with E-state index < -0.39 is 0 Å². The predicted octanol–water partition coefficient (Wildman–Crippen LogP) is 4.64. The Hall–Kier alpha value is -4.31. The van der Waals surface area contributed by atoms with Crippen molar-refractivity contribution in [3.8, 4) is 17.2 Å². The van der Waals surface area contributed by atoms with Crippen LogP contribution in [0.5, 0.6) is 11.5 Å². The second-order valence-electron chi connectivity index (χ2n) is 8.28. The number of nitrogens with one attached hydrogen (secondary N) is 2. The molecule has 1 aromatic heterocycles. The second kappa shape index (κ2) is 12.8. The molecule has 0 atom stereocenters. The van der Waals surface area contributed by atoms with E-state index in [0.29, 0.717) is 34.6 Å². The van der Waals surface area contributed by atoms with Crippen molar-refractivity contribution >= 4 is 29.3 Å². The third kappa shape index (κ3) is 6.92. The first kappa shape index (κ1) is 26.7. The lowest BCUT2D eigenvalue weighted by Gasteiger charge is -2.12. The van der Waals surface area contributed by atoms with Gasteiger partial charge in [-0.15, -0.1) is 10.2 Å². The number of hydrogen-bond donors (Lipinski definition) is 2. The van der Waals surface area contributed by atoms with Crippen LogP contribution in [0.4, 0.5) is 5.69 Å². The van der Waals surface area contributed by atoms with Gasteiger partial charge in [-0.25, -0.2) is 0 Å². The number of methoxy groups -OCH3 is 1. The zero-order valence-corrected chi connectivity index (χ0v) is 22.2. The number of amides is 2. The molecule has 2 N–H and O–H groups in total. The molecule has 0 saturated carbocycles. The molecular weight excluding hydrogens is 502 g/mol. The molecule has 0 saturated heterocycles. The van der Waals surface area contributed by atoms with Crippen LogP contribution in [0.2, 0.25) is 0 Å². The van der Waals surface area contributed by atoms with Gasteiger partial charge >= 0.3 is 0 Å². The van der Waals surface area contributed by atoms with Gasteiger partial charge in [-0.2, -0.15) is 0 Å². The predicted molar refractivity (Wildman–Crippen MR) is 147 cm³/mol. The minimum Gasteiger partial charge on any atom is -0.497 e. The zero-order chi connectivity index (χ0) is 26.9. The number of anilines is 1. The lowest BCUT2D eigenvalue weighted by molar-refractivity contribution is -0.113. The third-order valence-electron chi connectivity index (χ3n) is 5.50. The standard InChI is InChI=1S/C28H29N5O4S/c1-4-37-24-14-10-22(11-15-24)33-25(17-29-27(35)20-7-5-6-19(2)16-20)31-32-28(33)38-18-26(34)30-21-8-12-23(36-3)13-9-21/h5-16H,4,17-18H2,1-3H3,(H,29,35)(H,30,34). The van der Waals surface area contributed by atoms with E-state index >= 15 is 0 Å². The number of ether oxygens (including phenoxy) is 2. The molecule has 196 valence electrons. The molecule has 3 aromatic carbocycles. The van der Waals surface area contributed by atoms with Crippen molar-refractivity contribution in [2.24, 2.45) is 0 Å². The highest BCUT2D eigenvalue weighted by Gasteiger charge is 2.17. The second-order valence-corrected chi connectivity index (χ2v) is 9.22. The number of hydrogen-bond acceptors (Lipinski definition) is 7. The molecule has 0 spiro atoms. The maximum Gasteiger partial charge on any atom is 0.251 e. The molecule has 0 aliphatic heterocycles. The van der Waals surface area contributed by atoms with Crippen molar-refractivity contribution in [3.63, 3.8) is 0 Å². The van der Waals surface area contributed by atoms with Crippen LogP contribution < -0.4 is 20.1 Å². The monoisotopic (exact) mass is 531 g/mol. The smallest absolute Gasteiger partial charge is 0.251 e. The molecule has 2 amide bonds. The Balaban J connectivity index is 1.50. The van der Waals surface area contributed by atoms with Gasteiger partial charge in [-0.05, 0) is 74.5 Å². The van der Waals surface area contributed by atoms with Gasteiger partial charge in [0.25, 0.3) is 5.91 Å². The fourth-order valence-corrected chi connectivity index (χ4v) is 4.45. The summed E-state index contributed by atoms with van der Waals surface area (Å²) in [6, 6.07) is 22.0. The van der Waals surface area contributed by atoms with E-state index in [4.69, 9.17) is 9.47 Å². The summed E-state index contributed by atoms with van der Waals surface area (Å²) < 4.78 is 12.5. The molecule has 38 heavy (non-hydrogen) atoms. The Kier molecular flexibility index (Phi) is 8.99. The van der Waals surface area contributed by atoms with E-state index in [0.717, 1.165) is 17.0 Å². The summed E-state index contributed by atoms with van der Waals surface area (Å²) in [5.41, 5.74) is 3.03. The van der Waals surface area contributed by atoms with E-state index in [1.165, 1.54) is 11.8 Å². The van der Waals surface area contributed by atoms with E-state index in [-0.39, 0.29) is 24.1 Å². The van der Waals surface area contributed by atoms with Crippen molar-refractivity contribution in [2.75, 3.05) is 24.8 Å². The largest absolute Gasteiger partial charge is 0.497 e. The van der Waals surface area contributed by atoms with E-state index in [9.17, 15) is 9.59 Å². The first-order valence-electron chi connectivity index (χ1n) is 12.1. The molecule has 0 fully saturated rings. The summed E-state index contributed by atoms with van der Waals surface area (Å²) in [6.45, 7) is 4.58. The van der Waals surface area contributed by atoms with Crippen LogP contribution in [0.25, 0.3) is 5.69 Å². The Morgan fingerprint density at radius 2 is 1.71 bits per heavy atom. The molecule has 10 heteroatoms. The SMILES string of the molecule is CCOc1ccc(-n2c(CNC(=O)c3cccc(C)c3)nnc2SCC(=O)Nc2ccc(OC)cc2)cc1. The fourth-order valence-electron chi connectivity index (χ4n) is 3.67. The van der Waals surface area contributed by atoms with Gasteiger partial charge in [0.1, 0.15) is 11.5 Å². The Labute approximate surface area is 225 Å². The summed E-state index contributed by atoms with van der Waals surface area (Å²) in [5, 5.41) is 14.9. The molecule has 0 aliphatic carbocycles. The van der Waals surface area contributed by atoms with Crippen LogP contribution in [-0.4, -0.2) is 46.0 Å². The number of thioether (sulfide) groups is 1. The number of aromatic nitrogens is 3. The summed E-state index contributed by atoms with van der Waals surface area (Å²) >= 11 is 1.25. The van der Waals surface area contributed by atoms with Crippen molar-refractivity contribution in [2.45, 2.75) is 25.5 Å². The minimum atomic E-state index is -0.206. The molecule has 0 aliphatic rings. The van der Waals surface area contributed by atoms with Crippen molar-refractivity contribution in [1.82, 2.24) is 20.1 Å². The van der Waals surface area contributed by atoms with Gasteiger partial charge in [-0.3, -0.25) is 14.2 Å². The summed E-state index contributed by atoms with van der Waals surface area (Å²) in [5.74, 6) is 1.72. The highest BCUT2D eigenvalue weighted by molar-refractivity contribution is 7.99. The third-order valence-corrected chi connectivity index (χ3v) is 6.43. The van der Waals surface area contributed by atoms with E-state index in [1.54, 1.807) is 37.4 Å². The Bertz CT molecular complexity index is 1390. The van der Waals surface area contributed by atoms with Crippen LogP contribution in [0.15, 0.2) is 78.0 Å². The summed E-state index contributed by atoms with van der Waals surface area (Å²) in [4.78, 5) is 25.3. The van der Waals surface area contributed by atoms with Gasteiger partial charge in [0, 0.05) is 16.9 Å². The van der Waals surface area contributed by atoms with Crippen LogP contribution in [0, 0.1) is 6.92 Å². The van der Waals surface area contributed by atoms with Gasteiger partial charge in [0.2, 0.25) is 5.91 Å². The first-order valence-corrected chi connectivity index (χ1v) is 13.0. The van der Waals surface area contributed by atoms with Crippen LogP contribution >= 0.6 is 11.8 Å². The lowest BCUT2D eigenvalue weighted by atomic mass is 10.1. The highest BCUT2D eigenvalue weighted by Crippen LogP contribution is 2.24. The molecular formula is C28H29N5O4S. The Morgan fingerprint density at radius 1 is 0.974 bits per heavy atom. The van der Waals surface area contributed by atoms with Gasteiger partial charge in [0.05, 0.1) is 26.0 Å². The number of aryl methyl sites for hydroxylation is 1. The average Bonchev–Trinajstić information content (AvgIpc) is 3.34. The molecule has 4 rings (SSSR count). The van der Waals surface area contributed by atoms with E-state index in [1.807, 2.05) is 60.9 Å². The molecule has 4 aromatic rings. The fraction of sp³-hybridized carbons (Fsp3) is 0.214. The normalized spacial score (nSPS) is 10.6. The maximum atomic E-state index is 12.7. The molecule has 0 radical (unpaired) electrons. The van der Waals surface area contributed by atoms with E-state index in [2.05, 4.69) is 20.8 Å². The van der Waals surface area contributed by atoms with Crippen molar-refractivity contribution in [1.29, 1.82) is 0 Å². The average molecular weight is 532 g/mol. The number of nitrogens with zero attached hydrogens (tertiary/aromatic N) is 3. The lowest BCUT2D eigenvalue weighted by Crippen LogP contribution is -2.24. The highest BCUT2D eigenvalue weighted by atomic mass is 32.2.